The Kier molecular flexibility index (Phi) is 3.82. The third-order valence-electron chi connectivity index (χ3n) is 3.51. The molecule has 1 aromatic rings. The molecule has 6 nitrogen and oxygen atoms in total. The molecule has 21 heavy (non-hydrogen) atoms. The zero-order valence-corrected chi connectivity index (χ0v) is 13.7. The fraction of sp³-hybridized carbons (Fsp3) is 0.667. The highest BCUT2D eigenvalue weighted by Crippen LogP contribution is 2.34. The van der Waals surface area contributed by atoms with Crippen LogP contribution in [0.5, 0.6) is 0 Å². The average Bonchev–Trinajstić information content (AvgIpc) is 2.79. The van der Waals surface area contributed by atoms with E-state index in [9.17, 15) is 4.79 Å². The van der Waals surface area contributed by atoms with Gasteiger partial charge in [0.1, 0.15) is 11.9 Å². The van der Waals surface area contributed by atoms with E-state index in [-0.39, 0.29) is 23.3 Å². The molecule has 1 aromatic heterocycles. The number of urea groups is 1. The lowest BCUT2D eigenvalue weighted by Gasteiger charge is -2.26. The van der Waals surface area contributed by atoms with E-state index in [0.717, 1.165) is 11.3 Å². The maximum absolute atomic E-state index is 12.1. The molecule has 2 heterocycles. The molecule has 1 aliphatic heterocycles. The van der Waals surface area contributed by atoms with Crippen molar-refractivity contribution in [2.45, 2.75) is 46.1 Å². The molecule has 1 unspecified atom stereocenters. The molecular weight excluding hydrogens is 266 g/mol. The van der Waals surface area contributed by atoms with Crippen LogP contribution in [0, 0.1) is 11.3 Å². The number of aromatic nitrogens is 2. The standard InChI is InChI=1S/C15H25N5O/c1-9(2)7-20-11(13(16)17-14(20)21)10-8-19(6)18-12(10)15(3,4)5/h8-9,11H,7H2,1-6H3,(H2,16,17,21). The summed E-state index contributed by atoms with van der Waals surface area (Å²) in [5, 5.41) is 15.3. The largest absolute Gasteiger partial charge is 0.323 e. The second kappa shape index (κ2) is 5.16. The van der Waals surface area contributed by atoms with Crippen LogP contribution in [0.25, 0.3) is 0 Å². The SMILES string of the molecule is CC(C)CN1C(=O)NC(=N)C1c1cn(C)nc1C(C)(C)C. The van der Waals surface area contributed by atoms with Crippen molar-refractivity contribution >= 4 is 11.9 Å². The number of nitrogens with one attached hydrogen (secondary N) is 2. The Morgan fingerprint density at radius 2 is 2.05 bits per heavy atom. The molecule has 1 fully saturated rings. The Morgan fingerprint density at radius 1 is 1.43 bits per heavy atom. The molecule has 1 atom stereocenters. The normalized spacial score (nSPS) is 19.6. The molecule has 116 valence electrons. The molecule has 0 bridgehead atoms. The van der Waals surface area contributed by atoms with Crippen LogP contribution in [0.2, 0.25) is 0 Å². The fourth-order valence-electron chi connectivity index (χ4n) is 2.72. The fourth-order valence-corrected chi connectivity index (χ4v) is 2.72. The van der Waals surface area contributed by atoms with Crippen molar-refractivity contribution in [3.8, 4) is 0 Å². The summed E-state index contributed by atoms with van der Waals surface area (Å²) in [7, 11) is 1.87. The first-order chi connectivity index (χ1) is 9.61. The summed E-state index contributed by atoms with van der Waals surface area (Å²) in [4.78, 5) is 13.9. The van der Waals surface area contributed by atoms with Crippen molar-refractivity contribution in [2.75, 3.05) is 6.54 Å². The maximum Gasteiger partial charge on any atom is 0.323 e. The van der Waals surface area contributed by atoms with Crippen molar-refractivity contribution in [3.63, 3.8) is 0 Å². The first-order valence-electron chi connectivity index (χ1n) is 7.31. The van der Waals surface area contributed by atoms with Gasteiger partial charge in [-0.1, -0.05) is 34.6 Å². The Hall–Kier alpha value is -1.85. The third kappa shape index (κ3) is 2.94. The molecule has 6 heteroatoms. The van der Waals surface area contributed by atoms with Gasteiger partial charge in [0.05, 0.1) is 5.69 Å². The number of carbonyl (C=O) groups excluding carboxylic acids is 1. The van der Waals surface area contributed by atoms with Gasteiger partial charge in [-0.15, -0.1) is 0 Å². The zero-order valence-electron chi connectivity index (χ0n) is 13.7. The van der Waals surface area contributed by atoms with E-state index in [0.29, 0.717) is 12.5 Å². The second-order valence-electron chi connectivity index (χ2n) is 7.15. The Labute approximate surface area is 126 Å². The molecule has 2 amide bonds. The molecule has 2 N–H and O–H groups in total. The number of rotatable bonds is 3. The molecule has 0 radical (unpaired) electrons. The molecular formula is C15H25N5O. The van der Waals surface area contributed by atoms with Gasteiger partial charge in [0.15, 0.2) is 0 Å². The van der Waals surface area contributed by atoms with Crippen molar-refractivity contribution in [1.82, 2.24) is 20.0 Å². The zero-order chi connectivity index (χ0) is 15.9. The van der Waals surface area contributed by atoms with Gasteiger partial charge in [-0.3, -0.25) is 15.4 Å². The van der Waals surface area contributed by atoms with E-state index in [4.69, 9.17) is 5.41 Å². The quantitative estimate of drug-likeness (QED) is 0.897. The minimum absolute atomic E-state index is 0.133. The highest BCUT2D eigenvalue weighted by molar-refractivity contribution is 6.06. The Morgan fingerprint density at radius 3 is 2.57 bits per heavy atom. The van der Waals surface area contributed by atoms with Gasteiger partial charge in [0.25, 0.3) is 0 Å². The summed E-state index contributed by atoms with van der Waals surface area (Å²) in [5.74, 6) is 0.582. The molecule has 0 saturated carbocycles. The second-order valence-corrected chi connectivity index (χ2v) is 7.15. The van der Waals surface area contributed by atoms with Crippen molar-refractivity contribution < 1.29 is 4.79 Å². The van der Waals surface area contributed by atoms with Crippen molar-refractivity contribution in [2.24, 2.45) is 13.0 Å². The van der Waals surface area contributed by atoms with Crippen LogP contribution < -0.4 is 5.32 Å². The number of carbonyl (C=O) groups is 1. The lowest BCUT2D eigenvalue weighted by atomic mass is 9.87. The summed E-state index contributed by atoms with van der Waals surface area (Å²) < 4.78 is 1.76. The maximum atomic E-state index is 12.1. The molecule has 1 aliphatic rings. The Bertz CT molecular complexity index is 567. The van der Waals surface area contributed by atoms with Gasteiger partial charge in [0, 0.05) is 30.8 Å². The van der Waals surface area contributed by atoms with E-state index in [1.54, 1.807) is 9.58 Å². The monoisotopic (exact) mass is 291 g/mol. The van der Waals surface area contributed by atoms with Crippen LogP contribution >= 0.6 is 0 Å². The first-order valence-corrected chi connectivity index (χ1v) is 7.31. The van der Waals surface area contributed by atoms with Gasteiger partial charge in [-0.05, 0) is 5.92 Å². The predicted molar refractivity (Wildman–Crippen MR) is 82.5 cm³/mol. The topological polar surface area (TPSA) is 74.0 Å². The first kappa shape index (κ1) is 15.5. The van der Waals surface area contributed by atoms with E-state index >= 15 is 0 Å². The Balaban J connectivity index is 2.48. The number of amides is 2. The minimum atomic E-state index is -0.358. The van der Waals surface area contributed by atoms with Crippen LogP contribution in [-0.2, 0) is 12.5 Å². The van der Waals surface area contributed by atoms with Gasteiger partial charge in [-0.2, -0.15) is 5.10 Å². The summed E-state index contributed by atoms with van der Waals surface area (Å²) >= 11 is 0. The number of aryl methyl sites for hydroxylation is 1. The molecule has 0 aliphatic carbocycles. The summed E-state index contributed by atoms with van der Waals surface area (Å²) in [5.41, 5.74) is 1.74. The molecule has 1 saturated heterocycles. The van der Waals surface area contributed by atoms with Gasteiger partial charge in [-0.25, -0.2) is 4.79 Å². The molecule has 2 rings (SSSR count). The van der Waals surface area contributed by atoms with Crippen LogP contribution in [-0.4, -0.2) is 33.1 Å². The smallest absolute Gasteiger partial charge is 0.310 e. The molecule has 0 spiro atoms. The number of hydrogen-bond donors (Lipinski definition) is 2. The summed E-state index contributed by atoms with van der Waals surface area (Å²) in [6.07, 6.45) is 1.92. The number of nitrogens with zero attached hydrogens (tertiary/aromatic N) is 3. The van der Waals surface area contributed by atoms with Crippen LogP contribution in [0.3, 0.4) is 0 Å². The van der Waals surface area contributed by atoms with Gasteiger partial charge < -0.3 is 4.90 Å². The van der Waals surface area contributed by atoms with E-state index < -0.39 is 0 Å². The predicted octanol–water partition coefficient (Wildman–Crippen LogP) is 2.42. The van der Waals surface area contributed by atoms with E-state index in [1.807, 2.05) is 13.2 Å². The third-order valence-corrected chi connectivity index (χ3v) is 3.51. The van der Waals surface area contributed by atoms with E-state index in [2.05, 4.69) is 45.0 Å². The van der Waals surface area contributed by atoms with Gasteiger partial charge >= 0.3 is 6.03 Å². The minimum Gasteiger partial charge on any atom is -0.310 e. The number of amidine groups is 1. The van der Waals surface area contributed by atoms with Crippen LogP contribution in [0.15, 0.2) is 6.20 Å². The number of hydrogen-bond acceptors (Lipinski definition) is 3. The highest BCUT2D eigenvalue weighted by atomic mass is 16.2. The van der Waals surface area contributed by atoms with Crippen molar-refractivity contribution in [1.29, 1.82) is 5.41 Å². The van der Waals surface area contributed by atoms with Gasteiger partial charge in [0.2, 0.25) is 0 Å². The average molecular weight is 291 g/mol. The lowest BCUT2D eigenvalue weighted by Crippen LogP contribution is -2.33. The molecule has 0 aromatic carbocycles. The van der Waals surface area contributed by atoms with E-state index in [1.165, 1.54) is 0 Å². The van der Waals surface area contributed by atoms with Crippen molar-refractivity contribution in [3.05, 3.63) is 17.5 Å². The van der Waals surface area contributed by atoms with Crippen LogP contribution in [0.1, 0.15) is 51.9 Å². The van der Waals surface area contributed by atoms with Crippen LogP contribution in [0.4, 0.5) is 4.79 Å². The summed E-state index contributed by atoms with van der Waals surface area (Å²) in [6, 6.07) is -0.551. The lowest BCUT2D eigenvalue weighted by molar-refractivity contribution is 0.198. The highest BCUT2D eigenvalue weighted by Gasteiger charge is 2.40. The summed E-state index contributed by atoms with van der Waals surface area (Å²) in [6.45, 7) is 11.1.